The van der Waals surface area contributed by atoms with Crippen LogP contribution < -0.4 is 10.5 Å². The molecule has 0 bridgehead atoms. The van der Waals surface area contributed by atoms with Gasteiger partial charge < -0.3 is 10.5 Å². The Labute approximate surface area is 97.1 Å². The first-order valence-electron chi connectivity index (χ1n) is 5.57. The molecule has 0 unspecified atom stereocenters. The van der Waals surface area contributed by atoms with Crippen LogP contribution in [0.1, 0.15) is 37.3 Å². The van der Waals surface area contributed by atoms with Crippen molar-refractivity contribution < 1.29 is 4.74 Å². The van der Waals surface area contributed by atoms with E-state index in [-0.39, 0.29) is 5.84 Å². The number of rotatable bonds is 5. The van der Waals surface area contributed by atoms with Crippen molar-refractivity contribution in [1.82, 2.24) is 0 Å². The van der Waals surface area contributed by atoms with E-state index in [9.17, 15) is 0 Å². The maximum absolute atomic E-state index is 7.09. The second-order valence-corrected chi connectivity index (χ2v) is 4.30. The van der Waals surface area contributed by atoms with Crippen LogP contribution in [0, 0.1) is 12.3 Å². The SMILES string of the molecule is Cc1cc(OCCC(=N)N)ccc1C(C)C. The quantitative estimate of drug-likeness (QED) is 0.592. The summed E-state index contributed by atoms with van der Waals surface area (Å²) in [5, 5.41) is 7.09. The first kappa shape index (κ1) is 12.6. The van der Waals surface area contributed by atoms with E-state index in [1.807, 2.05) is 12.1 Å². The Kier molecular flexibility index (Phi) is 4.35. The molecule has 0 aliphatic heterocycles. The molecule has 0 aliphatic carbocycles. The number of nitrogens with one attached hydrogen (secondary N) is 1. The topological polar surface area (TPSA) is 59.1 Å². The third-order valence-electron chi connectivity index (χ3n) is 2.50. The average molecular weight is 220 g/mol. The van der Waals surface area contributed by atoms with E-state index in [0.717, 1.165) is 5.75 Å². The Bertz CT molecular complexity index is 372. The third kappa shape index (κ3) is 3.57. The van der Waals surface area contributed by atoms with Gasteiger partial charge >= 0.3 is 0 Å². The highest BCUT2D eigenvalue weighted by Gasteiger charge is 2.04. The summed E-state index contributed by atoms with van der Waals surface area (Å²) in [4.78, 5) is 0. The van der Waals surface area contributed by atoms with E-state index in [4.69, 9.17) is 15.9 Å². The molecule has 3 N–H and O–H groups in total. The van der Waals surface area contributed by atoms with Gasteiger partial charge in [-0.25, -0.2) is 0 Å². The van der Waals surface area contributed by atoms with Crippen LogP contribution in [-0.4, -0.2) is 12.4 Å². The average Bonchev–Trinajstić information content (AvgIpc) is 2.16. The molecule has 0 radical (unpaired) electrons. The van der Waals surface area contributed by atoms with Gasteiger partial charge in [0.1, 0.15) is 5.75 Å². The van der Waals surface area contributed by atoms with E-state index in [2.05, 4.69) is 26.8 Å². The minimum Gasteiger partial charge on any atom is -0.493 e. The fourth-order valence-electron chi connectivity index (χ4n) is 1.66. The molecule has 1 aromatic rings. The number of hydrogen-bond acceptors (Lipinski definition) is 2. The van der Waals surface area contributed by atoms with Gasteiger partial charge in [0.25, 0.3) is 0 Å². The summed E-state index contributed by atoms with van der Waals surface area (Å²) in [6.07, 6.45) is 0.477. The highest BCUT2D eigenvalue weighted by atomic mass is 16.5. The maximum atomic E-state index is 7.09. The molecule has 1 aromatic carbocycles. The molecule has 0 amide bonds. The molecule has 88 valence electrons. The van der Waals surface area contributed by atoms with Gasteiger partial charge in [0.2, 0.25) is 0 Å². The lowest BCUT2D eigenvalue weighted by Gasteiger charge is -2.12. The number of ether oxygens (including phenoxy) is 1. The lowest BCUT2D eigenvalue weighted by atomic mass is 9.98. The molecule has 16 heavy (non-hydrogen) atoms. The van der Waals surface area contributed by atoms with Gasteiger partial charge in [-0.3, -0.25) is 5.41 Å². The van der Waals surface area contributed by atoms with Crippen molar-refractivity contribution >= 4 is 5.84 Å². The summed E-state index contributed by atoms with van der Waals surface area (Å²) < 4.78 is 5.51. The lowest BCUT2D eigenvalue weighted by Crippen LogP contribution is -2.13. The van der Waals surface area contributed by atoms with Crippen LogP contribution in [0.25, 0.3) is 0 Å². The zero-order valence-electron chi connectivity index (χ0n) is 10.2. The van der Waals surface area contributed by atoms with Crippen molar-refractivity contribution in [2.24, 2.45) is 5.73 Å². The number of benzene rings is 1. The monoisotopic (exact) mass is 220 g/mol. The number of aryl methyl sites for hydroxylation is 1. The van der Waals surface area contributed by atoms with Gasteiger partial charge in [-0.2, -0.15) is 0 Å². The van der Waals surface area contributed by atoms with Gasteiger partial charge in [0.15, 0.2) is 0 Å². The highest BCUT2D eigenvalue weighted by Crippen LogP contribution is 2.23. The molecular formula is C13H20N2O. The second-order valence-electron chi connectivity index (χ2n) is 4.30. The molecule has 0 saturated carbocycles. The van der Waals surface area contributed by atoms with Crippen molar-refractivity contribution in [2.75, 3.05) is 6.61 Å². The van der Waals surface area contributed by atoms with Crippen molar-refractivity contribution in [3.63, 3.8) is 0 Å². The standard InChI is InChI=1S/C13H20N2O/c1-9(2)12-5-4-11(8-10(12)3)16-7-6-13(14)15/h4-5,8-9H,6-7H2,1-3H3,(H3,14,15). The first-order valence-corrected chi connectivity index (χ1v) is 5.57. The Balaban J connectivity index is 2.63. The first-order chi connectivity index (χ1) is 7.50. The van der Waals surface area contributed by atoms with Crippen molar-refractivity contribution in [1.29, 1.82) is 5.41 Å². The molecule has 0 aromatic heterocycles. The Hall–Kier alpha value is -1.51. The Morgan fingerprint density at radius 1 is 1.44 bits per heavy atom. The summed E-state index contributed by atoms with van der Waals surface area (Å²) in [5.74, 6) is 1.55. The summed E-state index contributed by atoms with van der Waals surface area (Å²) in [7, 11) is 0. The zero-order valence-corrected chi connectivity index (χ0v) is 10.2. The minimum absolute atomic E-state index is 0.163. The molecule has 0 atom stereocenters. The number of hydrogen-bond donors (Lipinski definition) is 2. The molecule has 0 saturated heterocycles. The lowest BCUT2D eigenvalue weighted by molar-refractivity contribution is 0.328. The fourth-order valence-corrected chi connectivity index (χ4v) is 1.66. The molecule has 0 heterocycles. The van der Waals surface area contributed by atoms with Crippen molar-refractivity contribution in [2.45, 2.75) is 33.1 Å². The Morgan fingerprint density at radius 2 is 2.12 bits per heavy atom. The van der Waals surface area contributed by atoms with Gasteiger partial charge in [-0.05, 0) is 36.1 Å². The largest absolute Gasteiger partial charge is 0.493 e. The van der Waals surface area contributed by atoms with E-state index < -0.39 is 0 Å². The normalized spacial score (nSPS) is 10.5. The van der Waals surface area contributed by atoms with Gasteiger partial charge in [0.05, 0.1) is 12.4 Å². The van der Waals surface area contributed by atoms with Gasteiger partial charge in [0, 0.05) is 6.42 Å². The van der Waals surface area contributed by atoms with Crippen LogP contribution in [0.3, 0.4) is 0 Å². The van der Waals surface area contributed by atoms with Crippen molar-refractivity contribution in [3.8, 4) is 5.75 Å². The fraction of sp³-hybridized carbons (Fsp3) is 0.462. The van der Waals surface area contributed by atoms with Crippen LogP contribution in [0.5, 0.6) is 5.75 Å². The molecular weight excluding hydrogens is 200 g/mol. The second kappa shape index (κ2) is 5.54. The van der Waals surface area contributed by atoms with Gasteiger partial charge in [-0.15, -0.1) is 0 Å². The van der Waals surface area contributed by atoms with Crippen LogP contribution in [-0.2, 0) is 0 Å². The molecule has 0 spiro atoms. The van der Waals surface area contributed by atoms with E-state index in [1.54, 1.807) is 0 Å². The van der Waals surface area contributed by atoms with E-state index in [0.29, 0.717) is 18.9 Å². The highest BCUT2D eigenvalue weighted by molar-refractivity contribution is 5.76. The predicted octanol–water partition coefficient (Wildman–Crippen LogP) is 2.82. The van der Waals surface area contributed by atoms with Crippen molar-refractivity contribution in [3.05, 3.63) is 29.3 Å². The van der Waals surface area contributed by atoms with Crippen LogP contribution in [0.4, 0.5) is 0 Å². The number of nitrogens with two attached hydrogens (primary N) is 1. The molecule has 3 heteroatoms. The van der Waals surface area contributed by atoms with Crippen LogP contribution >= 0.6 is 0 Å². The third-order valence-corrected chi connectivity index (χ3v) is 2.50. The summed E-state index contributed by atoms with van der Waals surface area (Å²) in [6.45, 7) is 6.92. The molecule has 1 rings (SSSR count). The maximum Gasteiger partial charge on any atom is 0.119 e. The Morgan fingerprint density at radius 3 is 2.62 bits per heavy atom. The summed E-state index contributed by atoms with van der Waals surface area (Å²) in [6, 6.07) is 6.11. The summed E-state index contributed by atoms with van der Waals surface area (Å²) >= 11 is 0. The minimum atomic E-state index is 0.163. The smallest absolute Gasteiger partial charge is 0.119 e. The van der Waals surface area contributed by atoms with E-state index >= 15 is 0 Å². The zero-order chi connectivity index (χ0) is 12.1. The van der Waals surface area contributed by atoms with E-state index in [1.165, 1.54) is 11.1 Å². The molecule has 0 fully saturated rings. The van der Waals surface area contributed by atoms with Gasteiger partial charge in [-0.1, -0.05) is 19.9 Å². The van der Waals surface area contributed by atoms with Crippen LogP contribution in [0.15, 0.2) is 18.2 Å². The summed E-state index contributed by atoms with van der Waals surface area (Å²) in [5.41, 5.74) is 7.85. The number of amidine groups is 1. The molecule has 3 nitrogen and oxygen atoms in total. The van der Waals surface area contributed by atoms with Crippen LogP contribution in [0.2, 0.25) is 0 Å². The molecule has 0 aliphatic rings. The predicted molar refractivity (Wildman–Crippen MR) is 67.3 cm³/mol.